The number of nitrogens with zero attached hydrogens (tertiary/aromatic N) is 2. The second-order valence-corrected chi connectivity index (χ2v) is 4.40. The Hall–Kier alpha value is -1.54. The van der Waals surface area contributed by atoms with E-state index < -0.39 is 5.82 Å². The van der Waals surface area contributed by atoms with Crippen LogP contribution < -0.4 is 4.90 Å². The molecule has 88 valence electrons. The van der Waals surface area contributed by atoms with Gasteiger partial charge in [0.2, 0.25) is 5.91 Å². The predicted molar refractivity (Wildman–Crippen MR) is 65.4 cm³/mol. The number of benzene rings is 1. The molecular formula is C12H11FN2OS. The molecular weight excluding hydrogens is 239 g/mol. The molecule has 0 radical (unpaired) electrons. The molecule has 0 saturated carbocycles. The van der Waals surface area contributed by atoms with Gasteiger partial charge in [-0.25, -0.2) is 4.39 Å². The number of hydrogen-bond acceptors (Lipinski definition) is 3. The quantitative estimate of drug-likeness (QED) is 0.816. The minimum absolute atomic E-state index is 0.0901. The van der Waals surface area contributed by atoms with Crippen molar-refractivity contribution < 1.29 is 9.18 Å². The van der Waals surface area contributed by atoms with Gasteiger partial charge >= 0.3 is 0 Å². The molecule has 1 heterocycles. The minimum Gasteiger partial charge on any atom is -0.309 e. The van der Waals surface area contributed by atoms with E-state index >= 15 is 0 Å². The second-order valence-electron chi connectivity index (χ2n) is 4.04. The molecule has 1 aliphatic rings. The summed E-state index contributed by atoms with van der Waals surface area (Å²) in [6.45, 7) is 0.491. The fourth-order valence-electron chi connectivity index (χ4n) is 1.93. The molecule has 2 rings (SSSR count). The summed E-state index contributed by atoms with van der Waals surface area (Å²) in [6, 6.07) is 6.00. The van der Waals surface area contributed by atoms with Crippen LogP contribution in [0.1, 0.15) is 12.0 Å². The van der Waals surface area contributed by atoms with Crippen molar-refractivity contribution in [1.29, 1.82) is 5.26 Å². The van der Waals surface area contributed by atoms with E-state index in [0.29, 0.717) is 18.7 Å². The molecule has 3 nitrogen and oxygen atoms in total. The molecule has 1 unspecified atom stereocenters. The van der Waals surface area contributed by atoms with Crippen LogP contribution in [0.2, 0.25) is 0 Å². The van der Waals surface area contributed by atoms with E-state index in [4.69, 9.17) is 5.26 Å². The van der Waals surface area contributed by atoms with E-state index in [-0.39, 0.29) is 23.1 Å². The monoisotopic (exact) mass is 250 g/mol. The van der Waals surface area contributed by atoms with Gasteiger partial charge in [-0.1, -0.05) is 0 Å². The average molecular weight is 250 g/mol. The molecule has 17 heavy (non-hydrogen) atoms. The third kappa shape index (κ3) is 2.27. The lowest BCUT2D eigenvalue weighted by atomic mass is 10.1. The number of hydrogen-bond donors (Lipinski definition) is 1. The Morgan fingerprint density at radius 2 is 2.35 bits per heavy atom. The summed E-state index contributed by atoms with van der Waals surface area (Å²) in [4.78, 5) is 13.1. The number of rotatable bonds is 2. The van der Waals surface area contributed by atoms with E-state index in [1.165, 1.54) is 17.0 Å². The molecule has 1 fully saturated rings. The Kier molecular flexibility index (Phi) is 3.34. The van der Waals surface area contributed by atoms with E-state index in [1.807, 2.05) is 6.07 Å². The van der Waals surface area contributed by atoms with E-state index in [0.717, 1.165) is 6.07 Å². The summed E-state index contributed by atoms with van der Waals surface area (Å²) in [7, 11) is 0. The number of thiol groups is 1. The van der Waals surface area contributed by atoms with Gasteiger partial charge in [-0.2, -0.15) is 17.9 Å². The maximum absolute atomic E-state index is 13.7. The van der Waals surface area contributed by atoms with Gasteiger partial charge in [0.1, 0.15) is 5.82 Å². The highest BCUT2D eigenvalue weighted by atomic mass is 32.1. The van der Waals surface area contributed by atoms with Crippen LogP contribution >= 0.6 is 12.6 Å². The Bertz CT molecular complexity index is 498. The SMILES string of the molecule is N#Cc1ccc(N2CC(CS)CC2=O)c(F)c1. The Morgan fingerprint density at radius 3 is 2.88 bits per heavy atom. The lowest BCUT2D eigenvalue weighted by Gasteiger charge is -2.17. The molecule has 0 aliphatic carbocycles. The molecule has 1 amide bonds. The number of halogens is 1. The molecule has 0 bridgehead atoms. The van der Waals surface area contributed by atoms with E-state index in [2.05, 4.69) is 12.6 Å². The topological polar surface area (TPSA) is 44.1 Å². The zero-order chi connectivity index (χ0) is 12.4. The molecule has 5 heteroatoms. The second kappa shape index (κ2) is 4.76. The number of amides is 1. The van der Waals surface area contributed by atoms with Gasteiger partial charge in [0.25, 0.3) is 0 Å². The smallest absolute Gasteiger partial charge is 0.227 e. The van der Waals surface area contributed by atoms with Gasteiger partial charge in [-0.15, -0.1) is 0 Å². The Morgan fingerprint density at radius 1 is 1.59 bits per heavy atom. The Balaban J connectivity index is 2.29. The van der Waals surface area contributed by atoms with Crippen LogP contribution in [-0.4, -0.2) is 18.2 Å². The zero-order valence-corrected chi connectivity index (χ0v) is 9.95. The summed E-state index contributed by atoms with van der Waals surface area (Å²) in [5.41, 5.74) is 0.502. The molecule has 1 aliphatic heterocycles. The highest BCUT2D eigenvalue weighted by Crippen LogP contribution is 2.28. The fraction of sp³-hybridized carbons (Fsp3) is 0.333. The van der Waals surface area contributed by atoms with E-state index in [1.54, 1.807) is 0 Å². The normalized spacial score (nSPS) is 19.5. The predicted octanol–water partition coefficient (Wildman–Crippen LogP) is 1.98. The van der Waals surface area contributed by atoms with Crippen LogP contribution in [0.25, 0.3) is 0 Å². The summed E-state index contributed by atoms with van der Waals surface area (Å²) in [5.74, 6) is 0.158. The van der Waals surface area contributed by atoms with Crippen molar-refractivity contribution in [2.24, 2.45) is 5.92 Å². The first-order chi connectivity index (χ1) is 8.15. The first kappa shape index (κ1) is 11.9. The molecule has 1 atom stereocenters. The lowest BCUT2D eigenvalue weighted by Crippen LogP contribution is -2.25. The van der Waals surface area contributed by atoms with Crippen molar-refractivity contribution in [2.45, 2.75) is 6.42 Å². The van der Waals surface area contributed by atoms with Crippen LogP contribution in [0.4, 0.5) is 10.1 Å². The number of carbonyl (C=O) groups is 1. The van der Waals surface area contributed by atoms with E-state index in [9.17, 15) is 9.18 Å². The third-order valence-corrected chi connectivity index (χ3v) is 3.35. The highest BCUT2D eigenvalue weighted by molar-refractivity contribution is 7.80. The summed E-state index contributed by atoms with van der Waals surface area (Å²) < 4.78 is 13.7. The fourth-order valence-corrected chi connectivity index (χ4v) is 2.18. The van der Waals surface area contributed by atoms with Crippen molar-refractivity contribution in [2.75, 3.05) is 17.2 Å². The molecule has 1 aromatic rings. The van der Waals surface area contributed by atoms with Crippen LogP contribution in [0.3, 0.4) is 0 Å². The van der Waals surface area contributed by atoms with Crippen LogP contribution in [0, 0.1) is 23.1 Å². The standard InChI is InChI=1S/C12H11FN2OS/c13-10-3-8(5-14)1-2-11(10)15-6-9(7-17)4-12(15)16/h1-3,9,17H,4,6-7H2. The maximum Gasteiger partial charge on any atom is 0.227 e. The molecule has 0 N–H and O–H groups in total. The van der Waals surface area contributed by atoms with Crippen molar-refractivity contribution >= 4 is 24.2 Å². The molecule has 1 saturated heterocycles. The molecule has 0 aromatic heterocycles. The lowest BCUT2D eigenvalue weighted by molar-refractivity contribution is -0.117. The Labute approximate surface area is 104 Å². The molecule has 1 aromatic carbocycles. The zero-order valence-electron chi connectivity index (χ0n) is 9.06. The summed E-state index contributed by atoms with van der Waals surface area (Å²) >= 11 is 4.15. The van der Waals surface area contributed by atoms with Crippen LogP contribution in [0.5, 0.6) is 0 Å². The number of nitriles is 1. The van der Waals surface area contributed by atoms with Crippen molar-refractivity contribution in [3.8, 4) is 6.07 Å². The maximum atomic E-state index is 13.7. The number of carbonyl (C=O) groups excluding carboxylic acids is 1. The third-order valence-electron chi connectivity index (χ3n) is 2.83. The first-order valence-corrected chi connectivity index (χ1v) is 5.90. The van der Waals surface area contributed by atoms with Gasteiger partial charge in [-0.3, -0.25) is 4.79 Å². The van der Waals surface area contributed by atoms with Crippen LogP contribution in [-0.2, 0) is 4.79 Å². The molecule has 0 spiro atoms. The first-order valence-electron chi connectivity index (χ1n) is 5.26. The van der Waals surface area contributed by atoms with Crippen LogP contribution in [0.15, 0.2) is 18.2 Å². The van der Waals surface area contributed by atoms with Gasteiger partial charge in [-0.05, 0) is 29.9 Å². The van der Waals surface area contributed by atoms with Gasteiger partial charge < -0.3 is 4.90 Å². The largest absolute Gasteiger partial charge is 0.309 e. The minimum atomic E-state index is -0.530. The van der Waals surface area contributed by atoms with Crippen molar-refractivity contribution in [1.82, 2.24) is 0 Å². The van der Waals surface area contributed by atoms with Crippen molar-refractivity contribution in [3.05, 3.63) is 29.6 Å². The number of anilines is 1. The highest BCUT2D eigenvalue weighted by Gasteiger charge is 2.31. The van der Waals surface area contributed by atoms with Gasteiger partial charge in [0, 0.05) is 13.0 Å². The van der Waals surface area contributed by atoms with Gasteiger partial charge in [0.05, 0.1) is 17.3 Å². The average Bonchev–Trinajstić information content (AvgIpc) is 2.70. The van der Waals surface area contributed by atoms with Gasteiger partial charge in [0.15, 0.2) is 0 Å². The summed E-state index contributed by atoms with van der Waals surface area (Å²) in [6.07, 6.45) is 0.406. The van der Waals surface area contributed by atoms with Crippen molar-refractivity contribution in [3.63, 3.8) is 0 Å². The summed E-state index contributed by atoms with van der Waals surface area (Å²) in [5, 5.41) is 8.64.